The molecule has 0 aliphatic carbocycles. The summed E-state index contributed by atoms with van der Waals surface area (Å²) in [6.07, 6.45) is 0. The fourth-order valence-electron chi connectivity index (χ4n) is 3.21. The van der Waals surface area contributed by atoms with E-state index in [9.17, 15) is 12.8 Å². The fraction of sp³-hybridized carbons (Fsp3) is 0.278. The molecule has 6 nitrogen and oxygen atoms in total. The monoisotopic (exact) mass is 407 g/mol. The van der Waals surface area contributed by atoms with Crippen molar-refractivity contribution in [1.29, 1.82) is 0 Å². The van der Waals surface area contributed by atoms with Gasteiger partial charge in [-0.25, -0.2) is 12.8 Å². The van der Waals surface area contributed by atoms with Gasteiger partial charge in [0.1, 0.15) is 5.82 Å². The maximum absolute atomic E-state index is 13.1. The van der Waals surface area contributed by atoms with Gasteiger partial charge in [0, 0.05) is 26.2 Å². The topological polar surface area (TPSA) is 58.7 Å². The summed E-state index contributed by atoms with van der Waals surface area (Å²) in [5.41, 5.74) is 1.66. The van der Waals surface area contributed by atoms with Gasteiger partial charge in [-0.05, 0) is 48.6 Å². The molecule has 2 heterocycles. The molecule has 0 saturated carbocycles. The van der Waals surface area contributed by atoms with Gasteiger partial charge in [-0.3, -0.25) is 9.47 Å². The third kappa shape index (κ3) is 3.55. The Morgan fingerprint density at radius 3 is 2.37 bits per heavy atom. The molecule has 1 aliphatic rings. The second kappa shape index (κ2) is 7.16. The summed E-state index contributed by atoms with van der Waals surface area (Å²) in [5.74, 6) is -0.456. The Morgan fingerprint density at radius 1 is 1.00 bits per heavy atom. The first-order valence-electron chi connectivity index (χ1n) is 8.51. The number of piperazine rings is 1. The minimum atomic E-state index is -3.61. The number of hydrogen-bond acceptors (Lipinski definition) is 5. The van der Waals surface area contributed by atoms with E-state index in [0.29, 0.717) is 37.7 Å². The minimum Gasteiger partial charge on any atom is -0.429 e. The van der Waals surface area contributed by atoms with Crippen LogP contribution in [0, 0.1) is 10.7 Å². The number of rotatable bonds is 4. The first-order valence-corrected chi connectivity index (χ1v) is 10.4. The summed E-state index contributed by atoms with van der Waals surface area (Å²) in [4.78, 5) is 2.65. The highest BCUT2D eigenvalue weighted by atomic mass is 32.2. The SMILES string of the molecule is O=S(=O)(c1ccc(F)cc1)N1CCN(Cn2c(=S)oc3ccccc32)CC1. The highest BCUT2D eigenvalue weighted by molar-refractivity contribution is 7.89. The van der Waals surface area contributed by atoms with Crippen molar-refractivity contribution in [3.05, 3.63) is 59.2 Å². The van der Waals surface area contributed by atoms with Crippen LogP contribution in [-0.4, -0.2) is 48.4 Å². The second-order valence-corrected chi connectivity index (χ2v) is 8.67. The Balaban J connectivity index is 1.46. The first-order chi connectivity index (χ1) is 12.9. The summed E-state index contributed by atoms with van der Waals surface area (Å²) in [7, 11) is -3.61. The van der Waals surface area contributed by atoms with Crippen LogP contribution >= 0.6 is 12.2 Å². The summed E-state index contributed by atoms with van der Waals surface area (Å²) in [6.45, 7) is 2.41. The third-order valence-corrected chi connectivity index (χ3v) is 6.91. The van der Waals surface area contributed by atoms with Gasteiger partial charge in [-0.1, -0.05) is 12.1 Å². The maximum Gasteiger partial charge on any atom is 0.270 e. The second-order valence-electron chi connectivity index (χ2n) is 6.38. The molecule has 0 unspecified atom stereocenters. The van der Waals surface area contributed by atoms with Crippen LogP contribution in [0.4, 0.5) is 4.39 Å². The summed E-state index contributed by atoms with van der Waals surface area (Å²) >= 11 is 5.31. The zero-order valence-electron chi connectivity index (χ0n) is 14.4. The zero-order chi connectivity index (χ0) is 19.0. The Hall–Kier alpha value is -2.07. The molecule has 9 heteroatoms. The van der Waals surface area contributed by atoms with E-state index < -0.39 is 15.8 Å². The van der Waals surface area contributed by atoms with Gasteiger partial charge in [0.2, 0.25) is 10.0 Å². The highest BCUT2D eigenvalue weighted by Gasteiger charge is 2.28. The molecule has 0 bridgehead atoms. The zero-order valence-corrected chi connectivity index (χ0v) is 16.0. The van der Waals surface area contributed by atoms with Crippen molar-refractivity contribution in [3.63, 3.8) is 0 Å². The molecule has 0 N–H and O–H groups in total. The Bertz CT molecular complexity index is 1110. The van der Waals surface area contributed by atoms with Crippen LogP contribution in [0.3, 0.4) is 0 Å². The van der Waals surface area contributed by atoms with Gasteiger partial charge in [-0.15, -0.1) is 0 Å². The van der Waals surface area contributed by atoms with E-state index in [1.165, 1.54) is 16.4 Å². The van der Waals surface area contributed by atoms with Gasteiger partial charge >= 0.3 is 0 Å². The van der Waals surface area contributed by atoms with Crippen LogP contribution in [0.1, 0.15) is 0 Å². The Kier molecular flexibility index (Phi) is 4.85. The Labute approximate surface area is 161 Å². The van der Waals surface area contributed by atoms with Crippen LogP contribution in [0.5, 0.6) is 0 Å². The van der Waals surface area contributed by atoms with Crippen LogP contribution in [0.2, 0.25) is 0 Å². The van der Waals surface area contributed by atoms with E-state index in [4.69, 9.17) is 16.6 Å². The molecule has 0 amide bonds. The van der Waals surface area contributed by atoms with Crippen molar-refractivity contribution < 1.29 is 17.2 Å². The highest BCUT2D eigenvalue weighted by Crippen LogP contribution is 2.20. The molecule has 0 spiro atoms. The number of fused-ring (bicyclic) bond motifs is 1. The average Bonchev–Trinajstić information content (AvgIpc) is 2.98. The quantitative estimate of drug-likeness (QED) is 0.622. The molecule has 1 saturated heterocycles. The number of benzene rings is 2. The largest absolute Gasteiger partial charge is 0.429 e. The van der Waals surface area contributed by atoms with E-state index in [2.05, 4.69) is 4.90 Å². The van der Waals surface area contributed by atoms with Crippen molar-refractivity contribution in [3.8, 4) is 0 Å². The van der Waals surface area contributed by atoms with Crippen molar-refractivity contribution in [2.45, 2.75) is 11.6 Å². The number of sulfonamides is 1. The van der Waals surface area contributed by atoms with Crippen LogP contribution in [-0.2, 0) is 16.7 Å². The van der Waals surface area contributed by atoms with Crippen molar-refractivity contribution in [2.75, 3.05) is 26.2 Å². The predicted molar refractivity (Wildman–Crippen MR) is 102 cm³/mol. The molecule has 2 aromatic carbocycles. The van der Waals surface area contributed by atoms with Gasteiger partial charge in [-0.2, -0.15) is 4.31 Å². The Morgan fingerprint density at radius 2 is 1.67 bits per heavy atom. The third-order valence-electron chi connectivity index (χ3n) is 4.70. The lowest BCUT2D eigenvalue weighted by atomic mass is 10.3. The molecule has 27 heavy (non-hydrogen) atoms. The first kappa shape index (κ1) is 18.3. The molecule has 1 aliphatic heterocycles. The van der Waals surface area contributed by atoms with E-state index in [1.54, 1.807) is 0 Å². The van der Waals surface area contributed by atoms with Crippen molar-refractivity contribution >= 4 is 33.3 Å². The maximum atomic E-state index is 13.1. The van der Waals surface area contributed by atoms with Crippen LogP contribution in [0.15, 0.2) is 57.8 Å². The van der Waals surface area contributed by atoms with Gasteiger partial charge in [0.25, 0.3) is 4.84 Å². The standard InChI is InChI=1S/C18H18FN3O3S2/c19-14-5-7-15(8-6-14)27(23,24)21-11-9-20(10-12-21)13-22-16-3-1-2-4-17(16)25-18(22)26/h1-8H,9-13H2. The number of nitrogens with zero attached hydrogens (tertiary/aromatic N) is 3. The predicted octanol–water partition coefficient (Wildman–Crippen LogP) is 3.07. The van der Waals surface area contributed by atoms with Crippen molar-refractivity contribution in [2.24, 2.45) is 0 Å². The smallest absolute Gasteiger partial charge is 0.270 e. The molecule has 1 aromatic heterocycles. The minimum absolute atomic E-state index is 0.111. The normalized spacial score (nSPS) is 16.8. The molecular weight excluding hydrogens is 389 g/mol. The number of hydrogen-bond donors (Lipinski definition) is 0. The van der Waals surface area contributed by atoms with Crippen LogP contribution < -0.4 is 0 Å². The lowest BCUT2D eigenvalue weighted by Crippen LogP contribution is -2.48. The number of oxazole rings is 1. The summed E-state index contributed by atoms with van der Waals surface area (Å²) < 4.78 is 47.4. The number of aromatic nitrogens is 1. The summed E-state index contributed by atoms with van der Waals surface area (Å²) in [6, 6.07) is 12.6. The molecule has 4 rings (SSSR count). The van der Waals surface area contributed by atoms with Gasteiger partial charge in [0.05, 0.1) is 17.1 Å². The lowest BCUT2D eigenvalue weighted by Gasteiger charge is -2.34. The van der Waals surface area contributed by atoms with Crippen LogP contribution in [0.25, 0.3) is 11.1 Å². The number of para-hydroxylation sites is 2. The molecule has 3 aromatic rings. The van der Waals surface area contributed by atoms with E-state index >= 15 is 0 Å². The molecule has 0 radical (unpaired) electrons. The van der Waals surface area contributed by atoms with Gasteiger partial charge in [0.15, 0.2) is 5.58 Å². The number of halogens is 1. The molecule has 1 fully saturated rings. The lowest BCUT2D eigenvalue weighted by molar-refractivity contribution is 0.151. The molecule has 142 valence electrons. The van der Waals surface area contributed by atoms with Crippen molar-refractivity contribution in [1.82, 2.24) is 13.8 Å². The van der Waals surface area contributed by atoms with Gasteiger partial charge < -0.3 is 4.42 Å². The average molecular weight is 407 g/mol. The van der Waals surface area contributed by atoms with E-state index in [-0.39, 0.29) is 4.90 Å². The molecular formula is C18H18FN3O3S2. The van der Waals surface area contributed by atoms with E-state index in [1.807, 2.05) is 28.8 Å². The molecule has 0 atom stereocenters. The fourth-order valence-corrected chi connectivity index (χ4v) is 4.88. The summed E-state index contributed by atoms with van der Waals surface area (Å²) in [5, 5.41) is 0. The van der Waals surface area contributed by atoms with E-state index in [0.717, 1.165) is 23.2 Å².